The van der Waals surface area contributed by atoms with Crippen LogP contribution >= 0.6 is 11.6 Å². The molecule has 0 bridgehead atoms. The summed E-state index contributed by atoms with van der Waals surface area (Å²) in [6, 6.07) is 0. The highest BCUT2D eigenvalue weighted by molar-refractivity contribution is 6.29. The minimum atomic E-state index is 0.0914. The van der Waals surface area contributed by atoms with E-state index in [1.807, 2.05) is 27.7 Å². The van der Waals surface area contributed by atoms with Crippen LogP contribution in [0.4, 0.5) is 0 Å². The van der Waals surface area contributed by atoms with Crippen molar-refractivity contribution in [1.82, 2.24) is 4.98 Å². The molecule has 0 saturated heterocycles. The maximum atomic E-state index is 11.6. The van der Waals surface area contributed by atoms with Gasteiger partial charge in [-0.25, -0.2) is 4.98 Å². The van der Waals surface area contributed by atoms with Gasteiger partial charge in [-0.2, -0.15) is 4.73 Å². The van der Waals surface area contributed by atoms with Gasteiger partial charge in [0.25, 0.3) is 0 Å². The van der Waals surface area contributed by atoms with E-state index in [1.54, 1.807) is 0 Å². The summed E-state index contributed by atoms with van der Waals surface area (Å²) in [5.74, 6) is 0.308. The summed E-state index contributed by atoms with van der Waals surface area (Å²) in [5.41, 5.74) is 1.27. The van der Waals surface area contributed by atoms with E-state index in [0.717, 1.165) is 10.4 Å². The molecular formula is C10H15ClN2O. The maximum Gasteiger partial charge on any atom is 0.232 e. The lowest BCUT2D eigenvalue weighted by Gasteiger charge is -2.11. The van der Waals surface area contributed by atoms with Crippen LogP contribution in [0, 0.1) is 5.21 Å². The fourth-order valence-corrected chi connectivity index (χ4v) is 1.65. The van der Waals surface area contributed by atoms with Crippen LogP contribution in [0.15, 0.2) is 6.20 Å². The van der Waals surface area contributed by atoms with Gasteiger partial charge in [0.05, 0.1) is 0 Å². The second-order valence-corrected chi connectivity index (χ2v) is 4.34. The van der Waals surface area contributed by atoms with E-state index in [0.29, 0.717) is 10.8 Å². The fourth-order valence-electron chi connectivity index (χ4n) is 1.25. The zero-order valence-electron chi connectivity index (χ0n) is 8.91. The number of hydrogen-bond donors (Lipinski definition) is 0. The van der Waals surface area contributed by atoms with Crippen LogP contribution in [-0.2, 0) is 0 Å². The van der Waals surface area contributed by atoms with E-state index < -0.39 is 0 Å². The van der Waals surface area contributed by atoms with Crippen molar-refractivity contribution in [2.75, 3.05) is 0 Å². The molecule has 0 aromatic carbocycles. The van der Waals surface area contributed by atoms with Gasteiger partial charge in [0, 0.05) is 11.8 Å². The standard InChI is InChI=1S/C10H15ClN2O/c1-6(2)8-5-13(14)9(7(3)4)10(11)12-8/h5-7H,1-4H3. The average Bonchev–Trinajstić information content (AvgIpc) is 2.01. The highest BCUT2D eigenvalue weighted by atomic mass is 35.5. The van der Waals surface area contributed by atoms with Gasteiger partial charge in [0.2, 0.25) is 11.9 Å². The quantitative estimate of drug-likeness (QED) is 0.561. The number of aromatic nitrogens is 2. The molecular weight excluding hydrogens is 200 g/mol. The smallest absolute Gasteiger partial charge is 0.232 e. The van der Waals surface area contributed by atoms with Gasteiger partial charge in [0.15, 0.2) is 5.15 Å². The largest absolute Gasteiger partial charge is 0.618 e. The fraction of sp³-hybridized carbons (Fsp3) is 0.600. The van der Waals surface area contributed by atoms with E-state index in [4.69, 9.17) is 11.6 Å². The van der Waals surface area contributed by atoms with Crippen molar-refractivity contribution in [2.24, 2.45) is 0 Å². The minimum Gasteiger partial charge on any atom is -0.618 e. The molecule has 0 radical (unpaired) electrons. The SMILES string of the molecule is CC(C)c1c[n+]([O-])c(C(C)C)c(Cl)n1. The average molecular weight is 215 g/mol. The first-order valence-corrected chi connectivity index (χ1v) is 5.10. The summed E-state index contributed by atoms with van der Waals surface area (Å²) in [7, 11) is 0. The van der Waals surface area contributed by atoms with Gasteiger partial charge < -0.3 is 5.21 Å². The molecule has 0 atom stereocenters. The highest BCUT2D eigenvalue weighted by Gasteiger charge is 2.19. The van der Waals surface area contributed by atoms with E-state index in [9.17, 15) is 5.21 Å². The number of nitrogens with zero attached hydrogens (tertiary/aromatic N) is 2. The van der Waals surface area contributed by atoms with Crippen LogP contribution in [0.5, 0.6) is 0 Å². The molecule has 4 heteroatoms. The van der Waals surface area contributed by atoms with Crippen molar-refractivity contribution in [3.05, 3.63) is 27.9 Å². The molecule has 0 amide bonds. The van der Waals surface area contributed by atoms with E-state index in [1.165, 1.54) is 6.20 Å². The Morgan fingerprint density at radius 3 is 2.21 bits per heavy atom. The normalized spacial score (nSPS) is 11.4. The van der Waals surface area contributed by atoms with Crippen molar-refractivity contribution >= 4 is 11.6 Å². The third-order valence-corrected chi connectivity index (χ3v) is 2.34. The molecule has 3 nitrogen and oxygen atoms in total. The van der Waals surface area contributed by atoms with E-state index >= 15 is 0 Å². The first kappa shape index (κ1) is 11.2. The summed E-state index contributed by atoms with van der Waals surface area (Å²) in [6.07, 6.45) is 1.51. The Hall–Kier alpha value is -0.830. The molecule has 1 rings (SSSR count). The van der Waals surface area contributed by atoms with Gasteiger partial charge in [-0.1, -0.05) is 39.3 Å². The zero-order chi connectivity index (χ0) is 10.9. The van der Waals surface area contributed by atoms with Crippen LogP contribution < -0.4 is 4.73 Å². The maximum absolute atomic E-state index is 11.6. The Kier molecular flexibility index (Phi) is 3.32. The molecule has 14 heavy (non-hydrogen) atoms. The minimum absolute atomic E-state index is 0.0914. The topological polar surface area (TPSA) is 39.8 Å². The highest BCUT2D eigenvalue weighted by Crippen LogP contribution is 2.20. The Morgan fingerprint density at radius 1 is 1.29 bits per heavy atom. The molecule has 0 unspecified atom stereocenters. The summed E-state index contributed by atoms with van der Waals surface area (Å²) in [5, 5.41) is 11.9. The third kappa shape index (κ3) is 2.15. The molecule has 0 aliphatic heterocycles. The second-order valence-electron chi connectivity index (χ2n) is 3.98. The lowest BCUT2D eigenvalue weighted by Crippen LogP contribution is -2.34. The van der Waals surface area contributed by atoms with Gasteiger partial charge in [-0.3, -0.25) is 0 Å². The third-order valence-electron chi connectivity index (χ3n) is 2.06. The molecule has 0 spiro atoms. The molecule has 0 fully saturated rings. The Labute approximate surface area is 89.3 Å². The lowest BCUT2D eigenvalue weighted by atomic mass is 10.1. The summed E-state index contributed by atoms with van der Waals surface area (Å²) >= 11 is 5.94. The summed E-state index contributed by atoms with van der Waals surface area (Å²) in [4.78, 5) is 4.20. The van der Waals surface area contributed by atoms with E-state index in [-0.39, 0.29) is 11.8 Å². The van der Waals surface area contributed by atoms with Gasteiger partial charge in [-0.05, 0) is 0 Å². The van der Waals surface area contributed by atoms with Gasteiger partial charge in [-0.15, -0.1) is 0 Å². The van der Waals surface area contributed by atoms with Gasteiger partial charge in [0.1, 0.15) is 5.69 Å². The first-order valence-electron chi connectivity index (χ1n) is 4.73. The molecule has 0 aliphatic rings. The second kappa shape index (κ2) is 4.13. The molecule has 0 saturated carbocycles. The number of rotatable bonds is 2. The van der Waals surface area contributed by atoms with Crippen molar-refractivity contribution in [1.29, 1.82) is 0 Å². The predicted octanol–water partition coefficient (Wildman–Crippen LogP) is 2.62. The Morgan fingerprint density at radius 2 is 1.86 bits per heavy atom. The van der Waals surface area contributed by atoms with Crippen molar-refractivity contribution < 1.29 is 4.73 Å². The Bertz CT molecular complexity index is 314. The molecule has 1 heterocycles. The van der Waals surface area contributed by atoms with Crippen LogP contribution in [-0.4, -0.2) is 4.98 Å². The molecule has 78 valence electrons. The number of halogens is 1. The number of hydrogen-bond acceptors (Lipinski definition) is 2. The first-order chi connectivity index (χ1) is 6.43. The van der Waals surface area contributed by atoms with E-state index in [2.05, 4.69) is 4.98 Å². The van der Waals surface area contributed by atoms with Crippen molar-refractivity contribution in [3.8, 4) is 0 Å². The van der Waals surface area contributed by atoms with Crippen LogP contribution in [0.1, 0.15) is 50.9 Å². The van der Waals surface area contributed by atoms with Crippen LogP contribution in [0.2, 0.25) is 5.15 Å². The Balaban J connectivity index is 3.25. The molecule has 0 N–H and O–H groups in total. The summed E-state index contributed by atoms with van der Waals surface area (Å²) < 4.78 is 0.829. The van der Waals surface area contributed by atoms with Crippen molar-refractivity contribution in [3.63, 3.8) is 0 Å². The van der Waals surface area contributed by atoms with Crippen LogP contribution in [0.25, 0.3) is 0 Å². The lowest BCUT2D eigenvalue weighted by molar-refractivity contribution is -0.616. The zero-order valence-corrected chi connectivity index (χ0v) is 9.67. The predicted molar refractivity (Wildman–Crippen MR) is 56.4 cm³/mol. The molecule has 1 aromatic rings. The van der Waals surface area contributed by atoms with Crippen molar-refractivity contribution in [2.45, 2.75) is 39.5 Å². The summed E-state index contributed by atoms with van der Waals surface area (Å²) in [6.45, 7) is 7.81. The van der Waals surface area contributed by atoms with Crippen LogP contribution in [0.3, 0.4) is 0 Å². The molecule has 1 aromatic heterocycles. The van der Waals surface area contributed by atoms with Gasteiger partial charge >= 0.3 is 0 Å². The molecule has 0 aliphatic carbocycles. The monoisotopic (exact) mass is 214 g/mol.